The van der Waals surface area contributed by atoms with Gasteiger partial charge in [-0.3, -0.25) is 4.79 Å². The number of rotatable bonds is 9. The van der Waals surface area contributed by atoms with Crippen molar-refractivity contribution in [3.63, 3.8) is 0 Å². The topological polar surface area (TPSA) is 73.9 Å². The van der Waals surface area contributed by atoms with E-state index in [9.17, 15) is 9.59 Å². The Morgan fingerprint density at radius 1 is 1.03 bits per heavy atom. The molecule has 6 heteroatoms. The zero-order valence-electron chi connectivity index (χ0n) is 17.2. The summed E-state index contributed by atoms with van der Waals surface area (Å²) >= 11 is 0. The lowest BCUT2D eigenvalue weighted by molar-refractivity contribution is -0.134. The van der Waals surface area contributed by atoms with E-state index in [0.717, 1.165) is 11.1 Å². The summed E-state index contributed by atoms with van der Waals surface area (Å²) in [6, 6.07) is 14.9. The maximum absolute atomic E-state index is 12.4. The quantitative estimate of drug-likeness (QED) is 0.515. The summed E-state index contributed by atoms with van der Waals surface area (Å²) in [5.41, 5.74) is 1.79. The lowest BCUT2D eigenvalue weighted by Gasteiger charge is -2.23. The Morgan fingerprint density at radius 2 is 1.76 bits per heavy atom. The maximum atomic E-state index is 12.4. The first kappa shape index (κ1) is 22.0. The number of methoxy groups -OCH3 is 2. The Morgan fingerprint density at radius 3 is 2.38 bits per heavy atom. The summed E-state index contributed by atoms with van der Waals surface area (Å²) < 4.78 is 15.6. The molecule has 2 aromatic carbocycles. The number of ether oxygens (including phenoxy) is 3. The van der Waals surface area contributed by atoms with Crippen molar-refractivity contribution < 1.29 is 23.8 Å². The van der Waals surface area contributed by atoms with Crippen molar-refractivity contribution in [3.05, 3.63) is 65.7 Å². The molecule has 1 atom stereocenters. The van der Waals surface area contributed by atoms with E-state index >= 15 is 0 Å². The minimum Gasteiger partial charge on any atom is -0.493 e. The molecule has 0 radical (unpaired) electrons. The normalized spacial score (nSPS) is 11.9. The van der Waals surface area contributed by atoms with E-state index in [1.54, 1.807) is 24.3 Å². The minimum atomic E-state index is -0.445. The molecule has 0 heterocycles. The second kappa shape index (κ2) is 10.9. The van der Waals surface area contributed by atoms with Gasteiger partial charge in [0.15, 0.2) is 18.1 Å². The highest BCUT2D eigenvalue weighted by Crippen LogP contribution is 2.28. The van der Waals surface area contributed by atoms with Crippen molar-refractivity contribution in [3.8, 4) is 11.5 Å². The van der Waals surface area contributed by atoms with Crippen LogP contribution < -0.4 is 14.8 Å². The van der Waals surface area contributed by atoms with Gasteiger partial charge >= 0.3 is 5.97 Å². The molecule has 0 fully saturated rings. The van der Waals surface area contributed by atoms with Crippen molar-refractivity contribution in [2.24, 2.45) is 5.92 Å². The minimum absolute atomic E-state index is 0.0972. The van der Waals surface area contributed by atoms with Crippen LogP contribution in [0.5, 0.6) is 11.5 Å². The highest BCUT2D eigenvalue weighted by atomic mass is 16.5. The molecule has 1 unspecified atom stereocenters. The average Bonchev–Trinajstić information content (AvgIpc) is 2.74. The Kier molecular flexibility index (Phi) is 8.27. The van der Waals surface area contributed by atoms with Gasteiger partial charge in [-0.1, -0.05) is 50.2 Å². The van der Waals surface area contributed by atoms with Gasteiger partial charge in [0.2, 0.25) is 0 Å². The van der Waals surface area contributed by atoms with Gasteiger partial charge in [-0.2, -0.15) is 0 Å². The number of carbonyl (C=O) groups excluding carboxylic acids is 2. The van der Waals surface area contributed by atoms with Crippen molar-refractivity contribution >= 4 is 18.0 Å². The van der Waals surface area contributed by atoms with Crippen LogP contribution in [0.2, 0.25) is 0 Å². The van der Waals surface area contributed by atoms with Gasteiger partial charge in [0.25, 0.3) is 5.91 Å². The number of hydrogen-bond acceptors (Lipinski definition) is 5. The summed E-state index contributed by atoms with van der Waals surface area (Å²) in [4.78, 5) is 23.7. The van der Waals surface area contributed by atoms with Crippen LogP contribution in [0, 0.1) is 5.92 Å². The standard InChI is InChI=1S/C23H27NO5/c1-16(2)23(18-8-6-5-7-9-18)24-21(25)15-29-19-12-10-17(14-20(19)27-3)11-13-22(26)28-4/h5-14,16,23H,15H2,1-4H3,(H,24,25)/b13-11+. The van der Waals surface area contributed by atoms with Crippen molar-refractivity contribution in [2.75, 3.05) is 20.8 Å². The van der Waals surface area contributed by atoms with Gasteiger partial charge in [0.1, 0.15) is 0 Å². The molecule has 0 saturated heterocycles. The lowest BCUT2D eigenvalue weighted by atomic mass is 9.96. The van der Waals surface area contributed by atoms with E-state index in [4.69, 9.17) is 9.47 Å². The first-order valence-corrected chi connectivity index (χ1v) is 9.35. The molecule has 6 nitrogen and oxygen atoms in total. The summed E-state index contributed by atoms with van der Waals surface area (Å²) in [5.74, 6) is 0.479. The van der Waals surface area contributed by atoms with E-state index in [-0.39, 0.29) is 24.5 Å². The number of esters is 1. The Labute approximate surface area is 171 Å². The summed E-state index contributed by atoms with van der Waals surface area (Å²) in [7, 11) is 2.83. The van der Waals surface area contributed by atoms with Gasteiger partial charge in [0.05, 0.1) is 20.3 Å². The smallest absolute Gasteiger partial charge is 0.330 e. The van der Waals surface area contributed by atoms with Crippen LogP contribution >= 0.6 is 0 Å². The Bertz CT molecular complexity index is 846. The van der Waals surface area contributed by atoms with Crippen LogP contribution in [-0.2, 0) is 14.3 Å². The van der Waals surface area contributed by atoms with Gasteiger partial charge in [-0.05, 0) is 35.3 Å². The SMILES string of the molecule is COC(=O)/C=C/c1ccc(OCC(=O)NC(c2ccccc2)C(C)C)c(OC)c1. The van der Waals surface area contributed by atoms with Gasteiger partial charge in [-0.25, -0.2) is 4.79 Å². The van der Waals surface area contributed by atoms with Crippen LogP contribution in [0.15, 0.2) is 54.6 Å². The molecule has 0 spiro atoms. The first-order valence-electron chi connectivity index (χ1n) is 9.35. The zero-order valence-corrected chi connectivity index (χ0v) is 17.2. The molecule has 29 heavy (non-hydrogen) atoms. The fraction of sp³-hybridized carbons (Fsp3) is 0.304. The molecule has 2 aromatic rings. The van der Waals surface area contributed by atoms with E-state index in [2.05, 4.69) is 23.9 Å². The van der Waals surface area contributed by atoms with E-state index < -0.39 is 5.97 Å². The number of benzene rings is 2. The predicted molar refractivity (Wildman–Crippen MR) is 112 cm³/mol. The maximum Gasteiger partial charge on any atom is 0.330 e. The van der Waals surface area contributed by atoms with E-state index in [1.165, 1.54) is 20.3 Å². The van der Waals surface area contributed by atoms with Crippen molar-refractivity contribution in [2.45, 2.75) is 19.9 Å². The van der Waals surface area contributed by atoms with E-state index in [0.29, 0.717) is 11.5 Å². The average molecular weight is 397 g/mol. The summed E-state index contributed by atoms with van der Waals surface area (Å²) in [5, 5.41) is 3.02. The van der Waals surface area contributed by atoms with E-state index in [1.807, 2.05) is 30.3 Å². The largest absolute Gasteiger partial charge is 0.493 e. The molecule has 0 saturated carbocycles. The fourth-order valence-electron chi connectivity index (χ4n) is 2.79. The molecule has 154 valence electrons. The van der Waals surface area contributed by atoms with Crippen LogP contribution in [0.3, 0.4) is 0 Å². The molecule has 1 N–H and O–H groups in total. The van der Waals surface area contributed by atoms with Gasteiger partial charge in [-0.15, -0.1) is 0 Å². The number of amides is 1. The molecule has 0 aromatic heterocycles. The number of carbonyl (C=O) groups is 2. The monoisotopic (exact) mass is 397 g/mol. The van der Waals surface area contributed by atoms with Gasteiger partial charge < -0.3 is 19.5 Å². The second-order valence-corrected chi connectivity index (χ2v) is 6.76. The number of hydrogen-bond donors (Lipinski definition) is 1. The van der Waals surface area contributed by atoms with Crippen LogP contribution in [0.25, 0.3) is 6.08 Å². The Balaban J connectivity index is 2.01. The third-order valence-corrected chi connectivity index (χ3v) is 4.30. The highest BCUT2D eigenvalue weighted by Gasteiger charge is 2.18. The number of nitrogens with one attached hydrogen (secondary N) is 1. The summed E-state index contributed by atoms with van der Waals surface area (Å²) in [6.07, 6.45) is 2.93. The van der Waals surface area contributed by atoms with Crippen LogP contribution in [-0.4, -0.2) is 32.7 Å². The predicted octanol–water partition coefficient (Wildman–Crippen LogP) is 3.77. The second-order valence-electron chi connectivity index (χ2n) is 6.76. The van der Waals surface area contributed by atoms with Gasteiger partial charge in [0, 0.05) is 6.08 Å². The third kappa shape index (κ3) is 6.68. The molecule has 2 rings (SSSR count). The molecule has 1 amide bonds. The van der Waals surface area contributed by atoms with Crippen molar-refractivity contribution in [1.29, 1.82) is 0 Å². The zero-order chi connectivity index (χ0) is 21.2. The van der Waals surface area contributed by atoms with Crippen molar-refractivity contribution in [1.82, 2.24) is 5.32 Å². The summed E-state index contributed by atoms with van der Waals surface area (Å²) in [6.45, 7) is 3.98. The molecular weight excluding hydrogens is 370 g/mol. The molecule has 0 aliphatic carbocycles. The molecular formula is C23H27NO5. The molecule has 0 aliphatic rings. The third-order valence-electron chi connectivity index (χ3n) is 4.30. The lowest BCUT2D eigenvalue weighted by Crippen LogP contribution is -2.35. The molecule has 0 bridgehead atoms. The first-order chi connectivity index (χ1) is 13.9. The van der Waals surface area contributed by atoms with Crippen LogP contribution in [0.1, 0.15) is 31.0 Å². The fourth-order valence-corrected chi connectivity index (χ4v) is 2.79. The van der Waals surface area contributed by atoms with Crippen LogP contribution in [0.4, 0.5) is 0 Å². The molecule has 0 aliphatic heterocycles. The highest BCUT2D eigenvalue weighted by molar-refractivity contribution is 5.87. The Hall–Kier alpha value is -3.28.